The summed E-state index contributed by atoms with van der Waals surface area (Å²) in [5.41, 5.74) is 2.67. The topological polar surface area (TPSA) is 17.1 Å². The third kappa shape index (κ3) is 2.43. The van der Waals surface area contributed by atoms with Gasteiger partial charge in [0.15, 0.2) is 0 Å². The van der Waals surface area contributed by atoms with Gasteiger partial charge in [-0.05, 0) is 31.4 Å². The van der Waals surface area contributed by atoms with E-state index in [9.17, 15) is 4.79 Å². The minimum Gasteiger partial charge on any atom is -0.300 e. The van der Waals surface area contributed by atoms with Crippen LogP contribution in [0.5, 0.6) is 0 Å². The van der Waals surface area contributed by atoms with Gasteiger partial charge in [0, 0.05) is 23.0 Å². The van der Waals surface area contributed by atoms with Crippen LogP contribution >= 0.6 is 11.8 Å². The van der Waals surface area contributed by atoms with Crippen LogP contribution in [0.2, 0.25) is 0 Å². The average Bonchev–Trinajstić information content (AvgIpc) is 2.58. The first-order valence-electron chi connectivity index (χ1n) is 5.41. The van der Waals surface area contributed by atoms with Crippen molar-refractivity contribution in [1.82, 2.24) is 0 Å². The Kier molecular flexibility index (Phi) is 3.15. The Morgan fingerprint density at radius 3 is 2.47 bits per heavy atom. The molecule has 80 valence electrons. The number of carbonyl (C=O) groups is 1. The maximum Gasteiger partial charge on any atom is 0.134 e. The van der Waals surface area contributed by atoms with Gasteiger partial charge in [-0.3, -0.25) is 4.79 Å². The lowest BCUT2D eigenvalue weighted by molar-refractivity contribution is -0.117. The second-order valence-electron chi connectivity index (χ2n) is 4.24. The second-order valence-corrected chi connectivity index (χ2v) is 5.55. The van der Waals surface area contributed by atoms with E-state index in [2.05, 4.69) is 32.0 Å². The van der Waals surface area contributed by atoms with E-state index in [1.807, 2.05) is 11.8 Å². The molecule has 0 N–H and O–H groups in total. The van der Waals surface area contributed by atoms with E-state index in [-0.39, 0.29) is 0 Å². The number of benzene rings is 1. The van der Waals surface area contributed by atoms with Crippen LogP contribution in [0.1, 0.15) is 30.4 Å². The Morgan fingerprint density at radius 2 is 1.93 bits per heavy atom. The van der Waals surface area contributed by atoms with Crippen LogP contribution in [0.25, 0.3) is 0 Å². The van der Waals surface area contributed by atoms with E-state index >= 15 is 0 Å². The van der Waals surface area contributed by atoms with Crippen molar-refractivity contribution in [3.05, 3.63) is 29.3 Å². The average molecular weight is 220 g/mol. The lowest BCUT2D eigenvalue weighted by Crippen LogP contribution is -1.98. The fourth-order valence-electron chi connectivity index (χ4n) is 2.03. The van der Waals surface area contributed by atoms with Crippen molar-refractivity contribution in [1.29, 1.82) is 0 Å². The number of carbonyl (C=O) groups excluding carboxylic acids is 1. The lowest BCUT2D eigenvalue weighted by Gasteiger charge is -2.12. The number of ketones is 1. The summed E-state index contributed by atoms with van der Waals surface area (Å²) < 4.78 is 0. The summed E-state index contributed by atoms with van der Waals surface area (Å²) in [5, 5.41) is 0.511. The van der Waals surface area contributed by atoms with E-state index < -0.39 is 0 Å². The van der Waals surface area contributed by atoms with E-state index in [0.29, 0.717) is 11.0 Å². The van der Waals surface area contributed by atoms with Gasteiger partial charge in [-0.25, -0.2) is 0 Å². The SMILES string of the molecule is Cc1cccc(C)c1S[C@H]1CCC(=O)C1. The molecule has 0 spiro atoms. The van der Waals surface area contributed by atoms with Crippen molar-refractivity contribution in [3.8, 4) is 0 Å². The molecular formula is C13H16OS. The summed E-state index contributed by atoms with van der Waals surface area (Å²) in [4.78, 5) is 12.6. The van der Waals surface area contributed by atoms with Crippen molar-refractivity contribution < 1.29 is 4.79 Å². The molecule has 1 aromatic carbocycles. The normalized spacial score (nSPS) is 20.9. The summed E-state index contributed by atoms with van der Waals surface area (Å²) >= 11 is 1.89. The van der Waals surface area contributed by atoms with Gasteiger partial charge in [-0.2, -0.15) is 0 Å². The minimum atomic E-state index is 0.429. The van der Waals surface area contributed by atoms with Crippen LogP contribution < -0.4 is 0 Å². The zero-order valence-corrected chi connectivity index (χ0v) is 10.1. The summed E-state index contributed by atoms with van der Waals surface area (Å²) in [6.07, 6.45) is 2.60. The summed E-state index contributed by atoms with van der Waals surface area (Å²) in [5.74, 6) is 0.429. The first kappa shape index (κ1) is 10.7. The monoisotopic (exact) mass is 220 g/mol. The van der Waals surface area contributed by atoms with Crippen LogP contribution in [0, 0.1) is 13.8 Å². The molecule has 0 unspecified atom stereocenters. The zero-order valence-electron chi connectivity index (χ0n) is 9.25. The number of hydrogen-bond donors (Lipinski definition) is 0. The van der Waals surface area contributed by atoms with Gasteiger partial charge in [0.1, 0.15) is 5.78 Å². The van der Waals surface area contributed by atoms with Gasteiger partial charge >= 0.3 is 0 Å². The molecule has 0 aliphatic heterocycles. The van der Waals surface area contributed by atoms with E-state index in [4.69, 9.17) is 0 Å². The largest absolute Gasteiger partial charge is 0.300 e. The lowest BCUT2D eigenvalue weighted by atomic mass is 10.2. The van der Waals surface area contributed by atoms with Crippen molar-refractivity contribution in [3.63, 3.8) is 0 Å². The molecule has 1 saturated carbocycles. The highest BCUT2D eigenvalue weighted by Crippen LogP contribution is 2.36. The highest BCUT2D eigenvalue weighted by molar-refractivity contribution is 8.00. The standard InChI is InChI=1S/C13H16OS/c1-9-4-3-5-10(2)13(9)15-12-7-6-11(14)8-12/h3-5,12H,6-8H2,1-2H3/t12-/m0/s1. The zero-order chi connectivity index (χ0) is 10.8. The van der Waals surface area contributed by atoms with Crippen molar-refractivity contribution >= 4 is 17.5 Å². The maximum atomic E-state index is 11.2. The predicted molar refractivity (Wildman–Crippen MR) is 64.4 cm³/mol. The van der Waals surface area contributed by atoms with E-state index in [1.54, 1.807) is 0 Å². The van der Waals surface area contributed by atoms with E-state index in [1.165, 1.54) is 16.0 Å². The van der Waals surface area contributed by atoms with Crippen LogP contribution in [-0.4, -0.2) is 11.0 Å². The molecule has 0 amide bonds. The molecule has 2 heteroatoms. The van der Waals surface area contributed by atoms with Crippen molar-refractivity contribution in [2.45, 2.75) is 43.3 Å². The molecule has 0 aromatic heterocycles. The molecule has 0 bridgehead atoms. The molecule has 1 aliphatic rings. The van der Waals surface area contributed by atoms with Gasteiger partial charge in [-0.1, -0.05) is 18.2 Å². The van der Waals surface area contributed by atoms with Gasteiger partial charge in [-0.15, -0.1) is 11.8 Å². The first-order valence-corrected chi connectivity index (χ1v) is 6.29. The first-order chi connectivity index (χ1) is 7.16. The molecule has 1 fully saturated rings. The fourth-order valence-corrected chi connectivity index (χ4v) is 3.38. The third-order valence-corrected chi connectivity index (χ3v) is 4.51. The number of aryl methyl sites for hydroxylation is 2. The molecule has 1 aromatic rings. The summed E-state index contributed by atoms with van der Waals surface area (Å²) in [6, 6.07) is 6.38. The van der Waals surface area contributed by atoms with Crippen LogP contribution in [0.15, 0.2) is 23.1 Å². The second kappa shape index (κ2) is 4.40. The van der Waals surface area contributed by atoms with Crippen LogP contribution in [-0.2, 0) is 4.79 Å². The quantitative estimate of drug-likeness (QED) is 0.758. The molecule has 0 saturated heterocycles. The van der Waals surface area contributed by atoms with Crippen molar-refractivity contribution in [2.75, 3.05) is 0 Å². The molecule has 1 atom stereocenters. The summed E-state index contributed by atoms with van der Waals surface area (Å²) in [6.45, 7) is 4.29. The van der Waals surface area contributed by atoms with E-state index in [0.717, 1.165) is 19.3 Å². The number of hydrogen-bond acceptors (Lipinski definition) is 2. The molecule has 0 heterocycles. The van der Waals surface area contributed by atoms with Crippen molar-refractivity contribution in [2.24, 2.45) is 0 Å². The Labute approximate surface area is 95.3 Å². The van der Waals surface area contributed by atoms with Gasteiger partial charge in [0.05, 0.1) is 0 Å². The third-order valence-electron chi connectivity index (χ3n) is 2.89. The molecule has 0 radical (unpaired) electrons. The summed E-state index contributed by atoms with van der Waals surface area (Å²) in [7, 11) is 0. The van der Waals surface area contributed by atoms with Crippen LogP contribution in [0.4, 0.5) is 0 Å². The predicted octanol–water partition coefficient (Wildman–Crippen LogP) is 3.52. The smallest absolute Gasteiger partial charge is 0.134 e. The number of rotatable bonds is 2. The Bertz CT molecular complexity index is 364. The highest BCUT2D eigenvalue weighted by atomic mass is 32.2. The van der Waals surface area contributed by atoms with Gasteiger partial charge < -0.3 is 0 Å². The van der Waals surface area contributed by atoms with Gasteiger partial charge in [0.2, 0.25) is 0 Å². The molecular weight excluding hydrogens is 204 g/mol. The molecule has 15 heavy (non-hydrogen) atoms. The highest BCUT2D eigenvalue weighted by Gasteiger charge is 2.23. The fraction of sp³-hybridized carbons (Fsp3) is 0.462. The number of thioether (sulfide) groups is 1. The Morgan fingerprint density at radius 1 is 1.27 bits per heavy atom. The Hall–Kier alpha value is -0.760. The molecule has 2 rings (SSSR count). The Balaban J connectivity index is 2.13. The molecule has 1 nitrogen and oxygen atoms in total. The minimum absolute atomic E-state index is 0.429. The van der Waals surface area contributed by atoms with Crippen LogP contribution in [0.3, 0.4) is 0 Å². The van der Waals surface area contributed by atoms with Gasteiger partial charge in [0.25, 0.3) is 0 Å². The molecule has 1 aliphatic carbocycles. The number of Topliss-reactive ketones (excluding diaryl/α,β-unsaturated/α-hetero) is 1. The maximum absolute atomic E-state index is 11.2.